The Morgan fingerprint density at radius 1 is 1.36 bits per heavy atom. The Morgan fingerprint density at radius 2 is 2.21 bits per heavy atom. The number of hydrogen-bond acceptors (Lipinski definition) is 3. The Labute approximate surface area is 90.0 Å². The maximum Gasteiger partial charge on any atom is 0.167 e. The SMILES string of the molecule is NCc1cc(-c2cccc(Br)c2)on1. The van der Waals surface area contributed by atoms with Crippen LogP contribution in [0.3, 0.4) is 0 Å². The summed E-state index contributed by atoms with van der Waals surface area (Å²) in [6, 6.07) is 9.70. The summed E-state index contributed by atoms with van der Waals surface area (Å²) in [7, 11) is 0. The minimum atomic E-state index is 0.400. The zero-order chi connectivity index (χ0) is 9.97. The average Bonchev–Trinajstić information content (AvgIpc) is 2.66. The van der Waals surface area contributed by atoms with Gasteiger partial charge >= 0.3 is 0 Å². The standard InChI is InChI=1S/C10H9BrN2O/c11-8-3-1-2-7(4-8)10-5-9(6-12)13-14-10/h1-5H,6,12H2. The molecule has 0 spiro atoms. The first-order valence-electron chi connectivity index (χ1n) is 4.21. The van der Waals surface area contributed by atoms with Crippen LogP contribution in [0.15, 0.2) is 39.3 Å². The Kier molecular flexibility index (Phi) is 2.65. The van der Waals surface area contributed by atoms with E-state index in [4.69, 9.17) is 10.3 Å². The number of halogens is 1. The molecule has 14 heavy (non-hydrogen) atoms. The lowest BCUT2D eigenvalue weighted by Crippen LogP contribution is -1.94. The van der Waals surface area contributed by atoms with Crippen LogP contribution >= 0.6 is 15.9 Å². The maximum atomic E-state index is 5.44. The summed E-state index contributed by atoms with van der Waals surface area (Å²) in [5, 5.41) is 3.83. The van der Waals surface area contributed by atoms with E-state index in [9.17, 15) is 0 Å². The van der Waals surface area contributed by atoms with E-state index in [1.807, 2.05) is 30.3 Å². The van der Waals surface area contributed by atoms with Gasteiger partial charge in [0, 0.05) is 22.6 Å². The smallest absolute Gasteiger partial charge is 0.167 e. The van der Waals surface area contributed by atoms with Crippen molar-refractivity contribution in [3.63, 3.8) is 0 Å². The van der Waals surface area contributed by atoms with E-state index in [0.29, 0.717) is 6.54 Å². The van der Waals surface area contributed by atoms with Gasteiger partial charge in [0.05, 0.1) is 5.69 Å². The zero-order valence-corrected chi connectivity index (χ0v) is 8.99. The normalized spacial score (nSPS) is 10.4. The maximum absolute atomic E-state index is 5.44. The van der Waals surface area contributed by atoms with Gasteiger partial charge in [0.2, 0.25) is 0 Å². The molecular weight excluding hydrogens is 244 g/mol. The topological polar surface area (TPSA) is 52.0 Å². The van der Waals surface area contributed by atoms with Gasteiger partial charge in [-0.25, -0.2) is 0 Å². The molecule has 3 nitrogen and oxygen atoms in total. The van der Waals surface area contributed by atoms with E-state index in [2.05, 4.69) is 21.1 Å². The summed E-state index contributed by atoms with van der Waals surface area (Å²) in [4.78, 5) is 0. The van der Waals surface area contributed by atoms with Gasteiger partial charge in [0.15, 0.2) is 5.76 Å². The summed E-state index contributed by atoms with van der Waals surface area (Å²) >= 11 is 3.40. The van der Waals surface area contributed by atoms with Crippen LogP contribution in [0.5, 0.6) is 0 Å². The van der Waals surface area contributed by atoms with Gasteiger partial charge in [0.1, 0.15) is 0 Å². The zero-order valence-electron chi connectivity index (χ0n) is 7.40. The molecule has 1 heterocycles. The fraction of sp³-hybridized carbons (Fsp3) is 0.100. The van der Waals surface area contributed by atoms with Crippen molar-refractivity contribution in [3.8, 4) is 11.3 Å². The summed E-state index contributed by atoms with van der Waals surface area (Å²) in [5.74, 6) is 0.742. The lowest BCUT2D eigenvalue weighted by atomic mass is 10.2. The van der Waals surface area contributed by atoms with Gasteiger partial charge in [-0.2, -0.15) is 0 Å². The molecule has 0 fully saturated rings. The highest BCUT2D eigenvalue weighted by Gasteiger charge is 2.05. The van der Waals surface area contributed by atoms with E-state index in [-0.39, 0.29) is 0 Å². The predicted octanol–water partition coefficient (Wildman–Crippen LogP) is 2.56. The van der Waals surface area contributed by atoms with Crippen molar-refractivity contribution in [1.82, 2.24) is 5.16 Å². The quantitative estimate of drug-likeness (QED) is 0.894. The van der Waals surface area contributed by atoms with Crippen molar-refractivity contribution in [2.24, 2.45) is 5.73 Å². The second-order valence-electron chi connectivity index (χ2n) is 2.90. The number of rotatable bonds is 2. The van der Waals surface area contributed by atoms with Gasteiger partial charge in [-0.05, 0) is 12.1 Å². The fourth-order valence-electron chi connectivity index (χ4n) is 1.19. The van der Waals surface area contributed by atoms with E-state index in [0.717, 1.165) is 21.5 Å². The molecule has 2 aromatic rings. The van der Waals surface area contributed by atoms with Crippen molar-refractivity contribution in [3.05, 3.63) is 40.5 Å². The molecule has 2 rings (SSSR count). The van der Waals surface area contributed by atoms with Crippen LogP contribution in [0.2, 0.25) is 0 Å². The van der Waals surface area contributed by atoms with Crippen LogP contribution in [-0.2, 0) is 6.54 Å². The van der Waals surface area contributed by atoms with Crippen molar-refractivity contribution in [2.45, 2.75) is 6.54 Å². The van der Waals surface area contributed by atoms with Crippen LogP contribution in [0, 0.1) is 0 Å². The van der Waals surface area contributed by atoms with Gasteiger partial charge in [-0.1, -0.05) is 33.2 Å². The highest BCUT2D eigenvalue weighted by Crippen LogP contribution is 2.23. The minimum Gasteiger partial charge on any atom is -0.356 e. The average molecular weight is 253 g/mol. The molecule has 1 aromatic carbocycles. The third-order valence-electron chi connectivity index (χ3n) is 1.88. The minimum absolute atomic E-state index is 0.400. The molecule has 0 saturated carbocycles. The van der Waals surface area contributed by atoms with Gasteiger partial charge in [-0.3, -0.25) is 0 Å². The Morgan fingerprint density at radius 3 is 2.86 bits per heavy atom. The van der Waals surface area contributed by atoms with Crippen LogP contribution in [-0.4, -0.2) is 5.16 Å². The third-order valence-corrected chi connectivity index (χ3v) is 2.37. The summed E-state index contributed by atoms with van der Waals surface area (Å²) in [5.41, 5.74) is 7.20. The van der Waals surface area contributed by atoms with E-state index in [1.165, 1.54) is 0 Å². The molecule has 4 heteroatoms. The Balaban J connectivity index is 2.39. The van der Waals surface area contributed by atoms with Gasteiger partial charge in [0.25, 0.3) is 0 Å². The first kappa shape index (κ1) is 9.43. The third kappa shape index (κ3) is 1.86. The number of nitrogens with zero attached hydrogens (tertiary/aromatic N) is 1. The number of benzene rings is 1. The molecule has 0 aliphatic rings. The molecule has 0 bridgehead atoms. The number of aromatic nitrogens is 1. The van der Waals surface area contributed by atoms with Gasteiger partial charge in [-0.15, -0.1) is 0 Å². The molecular formula is C10H9BrN2O. The summed E-state index contributed by atoms with van der Waals surface area (Å²) in [6.07, 6.45) is 0. The first-order valence-corrected chi connectivity index (χ1v) is 5.00. The van der Waals surface area contributed by atoms with E-state index in [1.54, 1.807) is 0 Å². The van der Waals surface area contributed by atoms with E-state index < -0.39 is 0 Å². The lowest BCUT2D eigenvalue weighted by Gasteiger charge is -1.94. The molecule has 0 aliphatic carbocycles. The monoisotopic (exact) mass is 252 g/mol. The molecule has 0 radical (unpaired) electrons. The van der Waals surface area contributed by atoms with E-state index >= 15 is 0 Å². The predicted molar refractivity (Wildman–Crippen MR) is 57.5 cm³/mol. The molecule has 2 N–H and O–H groups in total. The molecule has 72 valence electrons. The molecule has 0 saturated heterocycles. The highest BCUT2D eigenvalue weighted by atomic mass is 79.9. The fourth-order valence-corrected chi connectivity index (χ4v) is 1.59. The summed E-state index contributed by atoms with van der Waals surface area (Å²) < 4.78 is 6.16. The summed E-state index contributed by atoms with van der Waals surface area (Å²) in [6.45, 7) is 0.400. The van der Waals surface area contributed by atoms with Crippen LogP contribution in [0.25, 0.3) is 11.3 Å². The number of hydrogen-bond donors (Lipinski definition) is 1. The second kappa shape index (κ2) is 3.94. The van der Waals surface area contributed by atoms with Crippen molar-refractivity contribution in [2.75, 3.05) is 0 Å². The van der Waals surface area contributed by atoms with Crippen molar-refractivity contribution in [1.29, 1.82) is 0 Å². The van der Waals surface area contributed by atoms with Crippen LogP contribution in [0.1, 0.15) is 5.69 Å². The lowest BCUT2D eigenvalue weighted by molar-refractivity contribution is 0.424. The molecule has 0 amide bonds. The van der Waals surface area contributed by atoms with Crippen molar-refractivity contribution < 1.29 is 4.52 Å². The second-order valence-corrected chi connectivity index (χ2v) is 3.81. The molecule has 0 unspecified atom stereocenters. The Bertz CT molecular complexity index is 439. The highest BCUT2D eigenvalue weighted by molar-refractivity contribution is 9.10. The van der Waals surface area contributed by atoms with Crippen LogP contribution < -0.4 is 5.73 Å². The largest absolute Gasteiger partial charge is 0.356 e. The van der Waals surface area contributed by atoms with Crippen molar-refractivity contribution >= 4 is 15.9 Å². The molecule has 0 atom stereocenters. The van der Waals surface area contributed by atoms with Gasteiger partial charge < -0.3 is 10.3 Å². The molecule has 0 aliphatic heterocycles. The first-order chi connectivity index (χ1) is 6.79. The Hall–Kier alpha value is -1.13. The number of nitrogens with two attached hydrogens (primary N) is 1. The van der Waals surface area contributed by atoms with Crippen LogP contribution in [0.4, 0.5) is 0 Å². The molecule has 1 aromatic heterocycles.